The summed E-state index contributed by atoms with van der Waals surface area (Å²) in [6.45, 7) is 17.9. The fraction of sp³-hybridized carbons (Fsp3) is 0.632. The van der Waals surface area contributed by atoms with E-state index >= 15 is 0 Å². The smallest absolute Gasteiger partial charge is 0.192 e. The van der Waals surface area contributed by atoms with E-state index in [0.717, 1.165) is 22.5 Å². The molecule has 1 heterocycles. The van der Waals surface area contributed by atoms with Crippen molar-refractivity contribution < 1.29 is 4.43 Å². The number of halogens is 1. The summed E-state index contributed by atoms with van der Waals surface area (Å²) in [5, 5.41) is 4.33. The van der Waals surface area contributed by atoms with Gasteiger partial charge >= 0.3 is 0 Å². The minimum absolute atomic E-state index is 0.113. The normalized spacial score (nSPS) is 15.7. The summed E-state index contributed by atoms with van der Waals surface area (Å²) in [5.41, 5.74) is 3.64. The molecule has 0 saturated carbocycles. The van der Waals surface area contributed by atoms with Gasteiger partial charge in [-0.05, 0) is 57.0 Å². The number of hydrogen-bond acceptors (Lipinski definition) is 3. The third-order valence-corrected chi connectivity index (χ3v) is 10.8. The summed E-state index contributed by atoms with van der Waals surface area (Å²) >= 11 is 5.22. The molecule has 0 aliphatic heterocycles. The van der Waals surface area contributed by atoms with Crippen LogP contribution in [-0.4, -0.2) is 24.7 Å². The van der Waals surface area contributed by atoms with E-state index in [1.807, 2.05) is 6.92 Å². The fourth-order valence-corrected chi connectivity index (χ4v) is 4.14. The first-order valence-corrected chi connectivity index (χ1v) is 13.4. The second-order valence-corrected chi connectivity index (χ2v) is 14.3. The quantitative estimate of drug-likeness (QED) is 0.265. The van der Waals surface area contributed by atoms with Crippen LogP contribution >= 0.6 is 27.3 Å². The Kier molecular flexibility index (Phi) is 8.11. The summed E-state index contributed by atoms with van der Waals surface area (Å²) in [7, 11) is -1.82. The second-order valence-electron chi connectivity index (χ2n) is 7.97. The number of thiazole rings is 1. The number of aromatic nitrogens is 1. The summed E-state index contributed by atoms with van der Waals surface area (Å²) < 4.78 is 6.72. The van der Waals surface area contributed by atoms with E-state index in [2.05, 4.69) is 86.2 Å². The molecule has 0 saturated heterocycles. The molecular formula is C19H32BrNOSSi. The molecule has 0 aliphatic carbocycles. The van der Waals surface area contributed by atoms with Crippen LogP contribution in [0, 0.1) is 6.92 Å². The zero-order valence-electron chi connectivity index (χ0n) is 16.4. The topological polar surface area (TPSA) is 22.1 Å². The number of hydrogen-bond donors (Lipinski definition) is 0. The molecular weight excluding hydrogens is 398 g/mol. The van der Waals surface area contributed by atoms with Crippen LogP contribution in [0.2, 0.25) is 18.1 Å². The first kappa shape index (κ1) is 21.8. The lowest BCUT2D eigenvalue weighted by Gasteiger charge is -2.39. The molecule has 0 amide bonds. The lowest BCUT2D eigenvalue weighted by Crippen LogP contribution is -2.44. The molecule has 1 rings (SSSR count). The van der Waals surface area contributed by atoms with Crippen LogP contribution in [0.1, 0.15) is 51.7 Å². The predicted molar refractivity (Wildman–Crippen MR) is 115 cm³/mol. The van der Waals surface area contributed by atoms with Gasteiger partial charge in [0.25, 0.3) is 0 Å². The van der Waals surface area contributed by atoms with E-state index in [0.29, 0.717) is 0 Å². The van der Waals surface area contributed by atoms with E-state index in [9.17, 15) is 0 Å². The molecule has 24 heavy (non-hydrogen) atoms. The van der Waals surface area contributed by atoms with Crippen LogP contribution in [0.4, 0.5) is 0 Å². The molecule has 0 N–H and O–H groups in total. The number of rotatable bonds is 7. The SMILES string of the molecule is C/C(=C\C[C@H](O[Si](C)(C)C(C)(C)C)/C(C)=C/c1csc(C)n1)CBr. The maximum atomic E-state index is 6.72. The van der Waals surface area contributed by atoms with Gasteiger partial charge in [0.15, 0.2) is 8.32 Å². The summed E-state index contributed by atoms with van der Waals surface area (Å²) in [6.07, 6.45) is 5.49. The van der Waals surface area contributed by atoms with Crippen molar-refractivity contribution in [2.45, 2.75) is 72.2 Å². The zero-order chi connectivity index (χ0) is 18.5. The molecule has 136 valence electrons. The van der Waals surface area contributed by atoms with Crippen molar-refractivity contribution in [3.8, 4) is 0 Å². The van der Waals surface area contributed by atoms with Crippen LogP contribution in [-0.2, 0) is 4.43 Å². The van der Waals surface area contributed by atoms with Crippen molar-refractivity contribution >= 4 is 41.7 Å². The molecule has 5 heteroatoms. The maximum absolute atomic E-state index is 6.72. The molecule has 1 aromatic heterocycles. The van der Waals surface area contributed by atoms with Gasteiger partial charge in [0.2, 0.25) is 0 Å². The van der Waals surface area contributed by atoms with Crippen molar-refractivity contribution in [3.05, 3.63) is 33.3 Å². The van der Waals surface area contributed by atoms with Gasteiger partial charge in [-0.3, -0.25) is 0 Å². The van der Waals surface area contributed by atoms with Gasteiger partial charge in [-0.15, -0.1) is 11.3 Å². The molecule has 1 aromatic rings. The average Bonchev–Trinajstić information content (AvgIpc) is 2.86. The van der Waals surface area contributed by atoms with Crippen molar-refractivity contribution in [1.29, 1.82) is 0 Å². The van der Waals surface area contributed by atoms with Crippen LogP contribution in [0.5, 0.6) is 0 Å². The Morgan fingerprint density at radius 2 is 2.00 bits per heavy atom. The largest absolute Gasteiger partial charge is 0.410 e. The van der Waals surface area contributed by atoms with Crippen molar-refractivity contribution in [2.24, 2.45) is 0 Å². The fourth-order valence-electron chi connectivity index (χ4n) is 1.99. The molecule has 0 bridgehead atoms. The lowest BCUT2D eigenvalue weighted by molar-refractivity contribution is 0.217. The van der Waals surface area contributed by atoms with E-state index in [1.165, 1.54) is 11.1 Å². The number of alkyl halides is 1. The Bertz CT molecular complexity index is 599. The van der Waals surface area contributed by atoms with Gasteiger partial charge in [0, 0.05) is 10.7 Å². The van der Waals surface area contributed by atoms with Crippen LogP contribution in [0.15, 0.2) is 22.6 Å². The number of nitrogens with zero attached hydrogens (tertiary/aromatic N) is 1. The molecule has 0 spiro atoms. The first-order chi connectivity index (χ1) is 11.0. The summed E-state index contributed by atoms with van der Waals surface area (Å²) in [6, 6.07) is 0. The highest BCUT2D eigenvalue weighted by molar-refractivity contribution is 9.09. The predicted octanol–water partition coefficient (Wildman–Crippen LogP) is 6.98. The molecule has 0 unspecified atom stereocenters. The van der Waals surface area contributed by atoms with Crippen LogP contribution in [0.3, 0.4) is 0 Å². The number of aryl methyl sites for hydroxylation is 1. The Balaban J connectivity index is 3.06. The van der Waals surface area contributed by atoms with E-state index in [4.69, 9.17) is 4.43 Å². The highest BCUT2D eigenvalue weighted by Crippen LogP contribution is 2.38. The minimum Gasteiger partial charge on any atom is -0.410 e. The molecule has 0 aromatic carbocycles. The zero-order valence-corrected chi connectivity index (χ0v) is 19.8. The Hall–Kier alpha value is -0.233. The van der Waals surface area contributed by atoms with E-state index in [1.54, 1.807) is 11.3 Å². The molecule has 0 radical (unpaired) electrons. The van der Waals surface area contributed by atoms with Gasteiger partial charge in [-0.1, -0.05) is 48.4 Å². The highest BCUT2D eigenvalue weighted by atomic mass is 79.9. The van der Waals surface area contributed by atoms with Crippen molar-refractivity contribution in [1.82, 2.24) is 4.98 Å². The van der Waals surface area contributed by atoms with Crippen LogP contribution < -0.4 is 0 Å². The first-order valence-electron chi connectivity index (χ1n) is 8.46. The molecule has 1 atom stereocenters. The summed E-state index contributed by atoms with van der Waals surface area (Å²) in [4.78, 5) is 4.56. The highest BCUT2D eigenvalue weighted by Gasteiger charge is 2.39. The third kappa shape index (κ3) is 6.58. The standard InChI is InChI=1S/C19H32BrNOSSi/c1-14(12-20)9-10-18(22-24(7,8)19(4,5)6)15(2)11-17-13-23-16(3)21-17/h9,11,13,18H,10,12H2,1-8H3/b14-9+,15-11+/t18-/m0/s1. The Labute approximate surface area is 161 Å². The average molecular weight is 431 g/mol. The van der Waals surface area contributed by atoms with Crippen molar-refractivity contribution in [3.63, 3.8) is 0 Å². The molecule has 0 fully saturated rings. The maximum Gasteiger partial charge on any atom is 0.192 e. The van der Waals surface area contributed by atoms with E-state index in [-0.39, 0.29) is 11.1 Å². The lowest BCUT2D eigenvalue weighted by atomic mass is 10.1. The van der Waals surface area contributed by atoms with Gasteiger partial charge < -0.3 is 4.43 Å². The van der Waals surface area contributed by atoms with Gasteiger partial charge in [0.1, 0.15) is 0 Å². The van der Waals surface area contributed by atoms with Gasteiger partial charge in [-0.2, -0.15) is 0 Å². The van der Waals surface area contributed by atoms with Crippen molar-refractivity contribution in [2.75, 3.05) is 5.33 Å². The van der Waals surface area contributed by atoms with Gasteiger partial charge in [0.05, 0.1) is 16.8 Å². The summed E-state index contributed by atoms with van der Waals surface area (Å²) in [5.74, 6) is 0. The Morgan fingerprint density at radius 1 is 1.38 bits per heavy atom. The van der Waals surface area contributed by atoms with Gasteiger partial charge in [-0.25, -0.2) is 4.98 Å². The van der Waals surface area contributed by atoms with E-state index < -0.39 is 8.32 Å². The molecule has 0 aliphatic rings. The number of allylic oxidation sites excluding steroid dienone is 1. The van der Waals surface area contributed by atoms with Crippen LogP contribution in [0.25, 0.3) is 6.08 Å². The monoisotopic (exact) mass is 429 g/mol. The third-order valence-electron chi connectivity index (χ3n) is 4.65. The molecule has 2 nitrogen and oxygen atoms in total. The Morgan fingerprint density at radius 3 is 2.46 bits per heavy atom. The second kappa shape index (κ2) is 8.92. The minimum atomic E-state index is -1.82.